The minimum Gasteiger partial charge on any atom is -0.497 e. The summed E-state index contributed by atoms with van der Waals surface area (Å²) in [5.74, 6) is -1.73. The Balaban J connectivity index is 0.968. The van der Waals surface area contributed by atoms with Crippen molar-refractivity contribution in [3.05, 3.63) is 95.6 Å². The molecule has 0 aliphatic carbocycles. The summed E-state index contributed by atoms with van der Waals surface area (Å²) in [4.78, 5) is 101. The molecule has 4 N–H and O–H groups in total. The maximum atomic E-state index is 13.7. The molecule has 5 rings (SSSR count). The fourth-order valence-corrected chi connectivity index (χ4v) is 10.2. The Hall–Kier alpha value is -6.78. The van der Waals surface area contributed by atoms with Gasteiger partial charge in [0.05, 0.1) is 40.6 Å². The van der Waals surface area contributed by atoms with Gasteiger partial charge in [-0.15, -0.1) is 0 Å². The number of carbonyl (C=O) groups is 8. The highest BCUT2D eigenvalue weighted by Crippen LogP contribution is 2.50. The third-order valence-corrected chi connectivity index (χ3v) is 15.3. The number of hydrogen-bond acceptors (Lipinski definition) is 17. The molecule has 0 saturated carbocycles. The summed E-state index contributed by atoms with van der Waals surface area (Å²) in [5, 5.41) is 19.1. The van der Waals surface area contributed by atoms with Crippen molar-refractivity contribution in [2.45, 2.75) is 129 Å². The molecule has 0 aromatic heterocycles. The molecule has 0 spiro atoms. The number of hydrogen-bond donors (Lipinski definition) is 4. The Kier molecular flexibility index (Phi) is 25.9. The second-order valence-corrected chi connectivity index (χ2v) is 21.5. The van der Waals surface area contributed by atoms with E-state index in [4.69, 9.17) is 37.9 Å². The average Bonchev–Trinajstić information content (AvgIpc) is 3.81. The summed E-state index contributed by atoms with van der Waals surface area (Å²) in [6, 6.07) is 24.5. The maximum Gasteiger partial charge on any atom is 0.302 e. The number of rotatable bonds is 34. The van der Waals surface area contributed by atoms with Crippen molar-refractivity contribution in [3.63, 3.8) is 0 Å². The maximum absolute atomic E-state index is 13.7. The lowest BCUT2D eigenvalue weighted by atomic mass is 9.68. The van der Waals surface area contributed by atoms with E-state index >= 15 is 0 Å². The number of aliphatic hydroxyl groups excluding tert-OH is 1. The second-order valence-electron chi connectivity index (χ2n) is 21.5. The van der Waals surface area contributed by atoms with Crippen molar-refractivity contribution in [1.82, 2.24) is 20.9 Å². The number of aliphatic hydroxyl groups is 1. The van der Waals surface area contributed by atoms with Gasteiger partial charge in [0.1, 0.15) is 53.5 Å². The molecule has 21 nitrogen and oxygen atoms in total. The van der Waals surface area contributed by atoms with Gasteiger partial charge in [-0.2, -0.15) is 0 Å². The number of nitrogens with zero attached hydrogens (tertiary/aromatic N) is 1. The van der Waals surface area contributed by atoms with E-state index in [2.05, 4.69) is 16.0 Å². The van der Waals surface area contributed by atoms with Gasteiger partial charge in [-0.05, 0) is 53.8 Å². The second kappa shape index (κ2) is 32.2. The number of esters is 2. The van der Waals surface area contributed by atoms with Crippen LogP contribution in [0.25, 0.3) is 0 Å². The molecule has 2 heterocycles. The van der Waals surface area contributed by atoms with Gasteiger partial charge in [-0.3, -0.25) is 38.4 Å². The van der Waals surface area contributed by atoms with Crippen LogP contribution in [0, 0.1) is 16.7 Å². The van der Waals surface area contributed by atoms with Crippen LogP contribution in [-0.4, -0.2) is 162 Å². The zero-order chi connectivity index (χ0) is 59.9. The summed E-state index contributed by atoms with van der Waals surface area (Å²) >= 11 is 0. The number of Topliss-reactive ketones (excluding diaryl/α,β-unsaturated/α-hetero) is 2. The van der Waals surface area contributed by atoms with Gasteiger partial charge in [-0.25, -0.2) is 0 Å². The molecule has 3 aromatic carbocycles. The summed E-state index contributed by atoms with van der Waals surface area (Å²) in [5.41, 5.74) is 0.00755. The van der Waals surface area contributed by atoms with Gasteiger partial charge in [0.25, 0.3) is 0 Å². The van der Waals surface area contributed by atoms with Gasteiger partial charge in [-0.1, -0.05) is 75.4 Å². The molecule has 450 valence electrons. The smallest absolute Gasteiger partial charge is 0.302 e. The van der Waals surface area contributed by atoms with E-state index in [1.54, 1.807) is 26.0 Å². The molecule has 2 fully saturated rings. The van der Waals surface area contributed by atoms with Crippen molar-refractivity contribution in [2.75, 3.05) is 80.0 Å². The zero-order valence-corrected chi connectivity index (χ0v) is 48.8. The highest BCUT2D eigenvalue weighted by atomic mass is 16.7. The molecular weight excluding hydrogens is 1060 g/mol. The highest BCUT2D eigenvalue weighted by molar-refractivity contribution is 5.88. The van der Waals surface area contributed by atoms with Crippen LogP contribution in [0.15, 0.2) is 78.9 Å². The van der Waals surface area contributed by atoms with Gasteiger partial charge in [0.2, 0.25) is 23.6 Å². The normalized spacial score (nSPS) is 21.4. The molecule has 2 saturated heterocycles. The predicted molar refractivity (Wildman–Crippen MR) is 300 cm³/mol. The Morgan fingerprint density at radius 2 is 1.23 bits per heavy atom. The van der Waals surface area contributed by atoms with Crippen molar-refractivity contribution in [1.29, 1.82) is 0 Å². The molecule has 0 radical (unpaired) electrons. The van der Waals surface area contributed by atoms with E-state index in [1.807, 2.05) is 92.7 Å². The number of carbonyl (C=O) groups excluding carboxylic acids is 8. The number of nitrogens with one attached hydrogen (secondary N) is 3. The van der Waals surface area contributed by atoms with Crippen LogP contribution < -0.4 is 25.4 Å². The Bertz CT molecular complexity index is 2540. The van der Waals surface area contributed by atoms with Crippen LogP contribution in [0.3, 0.4) is 0 Å². The predicted octanol–water partition coefficient (Wildman–Crippen LogP) is 5.13. The van der Waals surface area contributed by atoms with Crippen LogP contribution in [0.2, 0.25) is 0 Å². The van der Waals surface area contributed by atoms with E-state index in [-0.39, 0.29) is 134 Å². The number of ketones is 2. The third kappa shape index (κ3) is 18.9. The Morgan fingerprint density at radius 3 is 1.79 bits per heavy atom. The topological polar surface area (TPSA) is 270 Å². The Labute approximate surface area is 481 Å². The number of benzene rings is 3. The largest absolute Gasteiger partial charge is 0.497 e. The van der Waals surface area contributed by atoms with E-state index in [9.17, 15) is 43.5 Å². The Morgan fingerprint density at radius 1 is 0.671 bits per heavy atom. The monoisotopic (exact) mass is 1140 g/mol. The van der Waals surface area contributed by atoms with Crippen LogP contribution in [0.1, 0.15) is 116 Å². The zero-order valence-electron chi connectivity index (χ0n) is 48.8. The van der Waals surface area contributed by atoms with Crippen molar-refractivity contribution in [2.24, 2.45) is 16.7 Å². The molecule has 82 heavy (non-hydrogen) atoms. The van der Waals surface area contributed by atoms with Crippen LogP contribution in [0.4, 0.5) is 0 Å². The number of methoxy groups -OCH3 is 2. The number of amides is 4. The van der Waals surface area contributed by atoms with Crippen molar-refractivity contribution >= 4 is 47.1 Å². The quantitative estimate of drug-likeness (QED) is 0.0343. The van der Waals surface area contributed by atoms with Gasteiger partial charge < -0.3 is 63.9 Å². The fourth-order valence-electron chi connectivity index (χ4n) is 10.2. The van der Waals surface area contributed by atoms with E-state index in [0.29, 0.717) is 30.9 Å². The summed E-state index contributed by atoms with van der Waals surface area (Å²) in [6.07, 6.45) is -1.45. The SMILES string of the molecule is COc1ccc(C(OC[C@]2(C)CN(C(=O)CCNC(=O)CCC(=O)CCC(=O)NCCCC(=O)CCCOCCOC3O[C@H](COC(C)=O)[C@H](C)[C@H](OC(C)=O)[C@H]3NC(C)=O)C[C@]2(C)CO)(c2ccccc2)c2ccc(OC)cc2)cc1. The lowest BCUT2D eigenvalue weighted by Crippen LogP contribution is -2.63. The lowest BCUT2D eigenvalue weighted by Gasteiger charge is -2.44. The summed E-state index contributed by atoms with van der Waals surface area (Å²) in [7, 11) is 3.22. The van der Waals surface area contributed by atoms with Crippen LogP contribution in [0.5, 0.6) is 11.5 Å². The molecule has 4 amide bonds. The minimum atomic E-state index is -1.11. The van der Waals surface area contributed by atoms with Crippen molar-refractivity contribution in [3.8, 4) is 11.5 Å². The number of ether oxygens (including phenoxy) is 8. The highest BCUT2D eigenvalue weighted by Gasteiger charge is 2.54. The summed E-state index contributed by atoms with van der Waals surface area (Å²) < 4.78 is 46.5. The first-order valence-corrected chi connectivity index (χ1v) is 28.0. The van der Waals surface area contributed by atoms with Crippen LogP contribution >= 0.6 is 0 Å². The van der Waals surface area contributed by atoms with Crippen LogP contribution in [-0.2, 0) is 72.4 Å². The van der Waals surface area contributed by atoms with Crippen molar-refractivity contribution < 1.29 is 81.4 Å². The molecule has 0 bridgehead atoms. The van der Waals surface area contributed by atoms with E-state index in [0.717, 1.165) is 16.7 Å². The summed E-state index contributed by atoms with van der Waals surface area (Å²) in [6.45, 7) is 10.7. The average molecular weight is 1150 g/mol. The molecule has 3 aromatic rings. The van der Waals surface area contributed by atoms with E-state index in [1.165, 1.54) is 20.8 Å². The molecule has 21 heteroatoms. The number of likely N-dealkylation sites (tertiary alicyclic amines) is 1. The minimum absolute atomic E-state index is 0.00601. The molecule has 7 atom stereocenters. The molecule has 1 unspecified atom stereocenters. The first kappa shape index (κ1) is 66.0. The van der Waals surface area contributed by atoms with Gasteiger partial charge in [0.15, 0.2) is 6.29 Å². The molecule has 2 aliphatic heterocycles. The molecular formula is C61H84N4O17. The fraction of sp³-hybridized carbons (Fsp3) is 0.574. The van der Waals surface area contributed by atoms with Gasteiger partial charge in [0, 0.05) is 115 Å². The molecule has 2 aliphatic rings. The van der Waals surface area contributed by atoms with Gasteiger partial charge >= 0.3 is 11.9 Å². The lowest BCUT2D eigenvalue weighted by molar-refractivity contribution is -0.262. The first-order valence-electron chi connectivity index (χ1n) is 28.0. The third-order valence-electron chi connectivity index (χ3n) is 15.3. The first-order chi connectivity index (χ1) is 39.2. The van der Waals surface area contributed by atoms with E-state index < -0.39 is 64.7 Å². The standard InChI is InChI=1S/C61H84N4O17/c1-41-52(36-79-43(3)68)82-58(56(64-42(2)67)57(41)81-44(4)69)78-35-34-77-33-13-17-48(70)16-12-31-62-53(72)28-22-49(71)23-29-54(73)63-32-30-55(74)65-37-59(5,39-66)60(6,38-65)40-80-61(45-14-10-9-11-15-45,46-18-24-50(75-7)25-19-46)47-20-26-51(76-8)27-21-47/h9-11,14-15,18-21,24-27,41,52,56-58,66H,12-13,16-17,22-23,28-40H2,1-8H3,(H,62,72)(H,63,73)(H,64,67)/t41-,52+,56+,57-,58?,59+,60-/m0/s1.